The third-order valence-electron chi connectivity index (χ3n) is 9.61. The Morgan fingerprint density at radius 3 is 1.79 bits per heavy atom. The zero-order valence-corrected chi connectivity index (χ0v) is 26.0. The van der Waals surface area contributed by atoms with Gasteiger partial charge in [0.25, 0.3) is 0 Å². The molecule has 3 nitrogen and oxygen atoms in total. The van der Waals surface area contributed by atoms with Crippen LogP contribution in [0.1, 0.15) is 0 Å². The molecule has 2 aromatic heterocycles. The van der Waals surface area contributed by atoms with E-state index in [0.717, 1.165) is 77.5 Å². The van der Waals surface area contributed by atoms with Crippen molar-refractivity contribution in [1.29, 1.82) is 0 Å². The Kier molecular flexibility index (Phi) is 5.87. The van der Waals surface area contributed by atoms with E-state index in [1.807, 2.05) is 12.1 Å². The molecule has 3 heteroatoms. The molecule has 0 radical (unpaired) electrons. The van der Waals surface area contributed by atoms with Crippen molar-refractivity contribution in [2.24, 2.45) is 0 Å². The molecule has 0 unspecified atom stereocenters. The first kappa shape index (κ1) is 26.7. The van der Waals surface area contributed by atoms with Crippen molar-refractivity contribution in [1.82, 2.24) is 9.55 Å². The summed E-state index contributed by atoms with van der Waals surface area (Å²) >= 11 is 0. The van der Waals surface area contributed by atoms with Crippen molar-refractivity contribution in [2.75, 3.05) is 0 Å². The minimum absolute atomic E-state index is 0.837. The number of imidazole rings is 1. The van der Waals surface area contributed by atoms with E-state index in [-0.39, 0.29) is 0 Å². The van der Waals surface area contributed by atoms with Crippen molar-refractivity contribution in [2.45, 2.75) is 0 Å². The van der Waals surface area contributed by atoms with Crippen LogP contribution in [0.5, 0.6) is 0 Å². The van der Waals surface area contributed by atoms with Gasteiger partial charge in [0.2, 0.25) is 0 Å². The van der Waals surface area contributed by atoms with E-state index in [0.29, 0.717) is 0 Å². The number of hydrogen-bond acceptors (Lipinski definition) is 2. The molecule has 0 aliphatic rings. The van der Waals surface area contributed by atoms with Gasteiger partial charge in [-0.15, -0.1) is 0 Å². The lowest BCUT2D eigenvalue weighted by atomic mass is 9.97. The highest BCUT2D eigenvalue weighted by molar-refractivity contribution is 6.24. The molecule has 48 heavy (non-hydrogen) atoms. The Bertz CT molecular complexity index is 2830. The predicted molar refractivity (Wildman–Crippen MR) is 200 cm³/mol. The molecular weight excluding hydrogens is 585 g/mol. The number of furan rings is 1. The van der Waals surface area contributed by atoms with Crippen molar-refractivity contribution >= 4 is 54.5 Å². The summed E-state index contributed by atoms with van der Waals surface area (Å²) in [5.74, 6) is 0.846. The van der Waals surface area contributed by atoms with Crippen LogP contribution in [-0.4, -0.2) is 9.55 Å². The van der Waals surface area contributed by atoms with Crippen molar-refractivity contribution in [3.63, 3.8) is 0 Å². The fourth-order valence-electron chi connectivity index (χ4n) is 7.43. The van der Waals surface area contributed by atoms with Gasteiger partial charge in [0.1, 0.15) is 17.0 Å². The highest BCUT2D eigenvalue weighted by Crippen LogP contribution is 2.44. The first-order valence-corrected chi connectivity index (χ1v) is 16.3. The summed E-state index contributed by atoms with van der Waals surface area (Å²) in [5.41, 5.74) is 10.4. The zero-order valence-electron chi connectivity index (χ0n) is 26.0. The van der Waals surface area contributed by atoms with Crippen LogP contribution in [0, 0.1) is 0 Å². The Morgan fingerprint density at radius 2 is 1.02 bits per heavy atom. The van der Waals surface area contributed by atoms with Gasteiger partial charge >= 0.3 is 0 Å². The minimum atomic E-state index is 0.837. The van der Waals surface area contributed by atoms with Crippen LogP contribution in [0.3, 0.4) is 0 Å². The molecule has 0 N–H and O–H groups in total. The highest BCUT2D eigenvalue weighted by atomic mass is 16.3. The van der Waals surface area contributed by atoms with Crippen LogP contribution in [-0.2, 0) is 0 Å². The van der Waals surface area contributed by atoms with E-state index in [1.165, 1.54) is 16.3 Å². The molecule has 10 aromatic rings. The van der Waals surface area contributed by atoms with E-state index < -0.39 is 0 Å². The van der Waals surface area contributed by atoms with Gasteiger partial charge in [-0.2, -0.15) is 0 Å². The van der Waals surface area contributed by atoms with Gasteiger partial charge in [-0.25, -0.2) is 4.98 Å². The summed E-state index contributed by atoms with van der Waals surface area (Å²) in [5, 5.41) is 6.87. The normalized spacial score (nSPS) is 11.8. The smallest absolute Gasteiger partial charge is 0.149 e. The summed E-state index contributed by atoms with van der Waals surface area (Å²) in [4.78, 5) is 5.60. The zero-order chi connectivity index (χ0) is 31.6. The molecule has 0 saturated carbocycles. The molecular formula is C45H28N2O. The average Bonchev–Trinajstić information content (AvgIpc) is 3.75. The summed E-state index contributed by atoms with van der Waals surface area (Å²) < 4.78 is 9.04. The summed E-state index contributed by atoms with van der Waals surface area (Å²) in [6, 6.07) is 60.1. The highest BCUT2D eigenvalue weighted by Gasteiger charge is 2.25. The predicted octanol–water partition coefficient (Wildman–Crippen LogP) is 12.2. The molecule has 0 fully saturated rings. The summed E-state index contributed by atoms with van der Waals surface area (Å²) in [6.07, 6.45) is 0. The van der Waals surface area contributed by atoms with Gasteiger partial charge in [-0.1, -0.05) is 152 Å². The monoisotopic (exact) mass is 612 g/mol. The minimum Gasteiger partial charge on any atom is -0.455 e. The molecule has 0 saturated heterocycles. The number of rotatable bonds is 4. The van der Waals surface area contributed by atoms with Crippen LogP contribution < -0.4 is 0 Å². The van der Waals surface area contributed by atoms with Crippen molar-refractivity contribution < 1.29 is 4.42 Å². The SMILES string of the molecule is c1ccc(-c2ccc(-c3ccccc3)c(-n3c(-c4cccc5c4oc4ccccc45)nc4c5ccccc5c5ccccc5c43)c2)cc1. The average molecular weight is 613 g/mol. The number of fused-ring (bicyclic) bond motifs is 9. The van der Waals surface area contributed by atoms with E-state index in [9.17, 15) is 0 Å². The molecule has 0 spiro atoms. The lowest BCUT2D eigenvalue weighted by molar-refractivity contribution is 0.669. The lowest BCUT2D eigenvalue weighted by Gasteiger charge is -2.18. The lowest BCUT2D eigenvalue weighted by Crippen LogP contribution is -2.02. The maximum Gasteiger partial charge on any atom is 0.149 e. The molecule has 0 amide bonds. The fraction of sp³-hybridized carbons (Fsp3) is 0. The molecule has 0 atom stereocenters. The Balaban J connectivity index is 1.42. The van der Waals surface area contributed by atoms with Crippen LogP contribution >= 0.6 is 0 Å². The maximum absolute atomic E-state index is 6.65. The van der Waals surface area contributed by atoms with Gasteiger partial charge in [0.15, 0.2) is 0 Å². The third-order valence-corrected chi connectivity index (χ3v) is 9.61. The molecule has 224 valence electrons. The Labute approximate surface area is 277 Å². The fourth-order valence-corrected chi connectivity index (χ4v) is 7.43. The number of aromatic nitrogens is 2. The summed E-state index contributed by atoms with van der Waals surface area (Å²) in [7, 11) is 0. The van der Waals surface area contributed by atoms with Gasteiger partial charge < -0.3 is 4.42 Å². The molecule has 8 aromatic carbocycles. The van der Waals surface area contributed by atoms with Gasteiger partial charge in [-0.05, 0) is 45.7 Å². The topological polar surface area (TPSA) is 31.0 Å². The van der Waals surface area contributed by atoms with E-state index in [2.05, 4.69) is 162 Å². The van der Waals surface area contributed by atoms with E-state index >= 15 is 0 Å². The Hall–Kier alpha value is -6.45. The second kappa shape index (κ2) is 10.5. The third kappa shape index (κ3) is 3.98. The van der Waals surface area contributed by atoms with Crippen molar-refractivity contribution in [3.8, 4) is 39.3 Å². The molecule has 0 aliphatic heterocycles. The van der Waals surface area contributed by atoms with Crippen LogP contribution in [0.2, 0.25) is 0 Å². The molecule has 10 rings (SSSR count). The van der Waals surface area contributed by atoms with E-state index in [1.54, 1.807) is 0 Å². The first-order chi connectivity index (χ1) is 23.8. The second-order valence-electron chi connectivity index (χ2n) is 12.3. The van der Waals surface area contributed by atoms with Gasteiger partial charge in [0, 0.05) is 27.1 Å². The van der Waals surface area contributed by atoms with E-state index in [4.69, 9.17) is 9.40 Å². The quantitative estimate of drug-likeness (QED) is 0.185. The van der Waals surface area contributed by atoms with Gasteiger partial charge in [-0.3, -0.25) is 4.57 Å². The number of hydrogen-bond donors (Lipinski definition) is 0. The second-order valence-corrected chi connectivity index (χ2v) is 12.3. The Morgan fingerprint density at radius 1 is 0.417 bits per heavy atom. The number of nitrogens with zero attached hydrogens (tertiary/aromatic N) is 2. The van der Waals surface area contributed by atoms with Gasteiger partial charge in [0.05, 0.1) is 22.3 Å². The van der Waals surface area contributed by atoms with Crippen LogP contribution in [0.4, 0.5) is 0 Å². The number of benzene rings is 8. The molecule has 2 heterocycles. The van der Waals surface area contributed by atoms with Crippen molar-refractivity contribution in [3.05, 3.63) is 170 Å². The maximum atomic E-state index is 6.65. The number of para-hydroxylation sites is 2. The first-order valence-electron chi connectivity index (χ1n) is 16.3. The molecule has 0 aliphatic carbocycles. The molecule has 0 bridgehead atoms. The van der Waals surface area contributed by atoms with Crippen LogP contribution in [0.15, 0.2) is 174 Å². The van der Waals surface area contributed by atoms with Crippen LogP contribution in [0.25, 0.3) is 93.8 Å². The standard InChI is InChI=1S/C45H28N2O/c1-3-14-29(15-4-1)31-26-27-32(30-16-5-2-6-17-30)40(28-31)47-43-37-22-10-8-19-34(37)33-18-7-9-21-36(33)42(43)46-45(47)39-24-13-23-38-35-20-11-12-25-41(35)48-44(38)39/h1-28H. The summed E-state index contributed by atoms with van der Waals surface area (Å²) in [6.45, 7) is 0. The largest absolute Gasteiger partial charge is 0.455 e.